The van der Waals surface area contributed by atoms with Crippen molar-refractivity contribution >= 4 is 22.2 Å². The smallest absolute Gasteiger partial charge is 0.268 e. The van der Waals surface area contributed by atoms with E-state index in [0.717, 1.165) is 11.3 Å². The second-order valence-electron chi connectivity index (χ2n) is 8.66. The summed E-state index contributed by atoms with van der Waals surface area (Å²) in [6.07, 6.45) is 0.0397. The molecule has 0 aliphatic rings. The van der Waals surface area contributed by atoms with E-state index in [1.54, 1.807) is 35.2 Å². The third kappa shape index (κ3) is 4.45. The number of hydrogen-bond donors (Lipinski definition) is 1. The van der Waals surface area contributed by atoms with E-state index in [2.05, 4.69) is 15.4 Å². The van der Waals surface area contributed by atoms with Crippen LogP contribution in [0.15, 0.2) is 70.8 Å². The van der Waals surface area contributed by atoms with E-state index in [4.69, 9.17) is 0 Å². The highest BCUT2D eigenvalue weighted by atomic mass is 32.1. The fourth-order valence-corrected chi connectivity index (χ4v) is 5.20. The highest BCUT2D eigenvalue weighted by molar-refractivity contribution is 7.15. The number of hydrogen-bond acceptors (Lipinski definition) is 5. The van der Waals surface area contributed by atoms with E-state index in [1.807, 2.05) is 44.2 Å². The number of aromatic nitrogens is 4. The molecule has 0 saturated carbocycles. The highest BCUT2D eigenvalue weighted by Crippen LogP contribution is 2.24. The molecule has 0 saturated heterocycles. The van der Waals surface area contributed by atoms with Crippen molar-refractivity contribution in [2.75, 3.05) is 0 Å². The Morgan fingerprint density at radius 2 is 1.89 bits per heavy atom. The summed E-state index contributed by atoms with van der Waals surface area (Å²) < 4.78 is 16.8. The molecule has 36 heavy (non-hydrogen) atoms. The van der Waals surface area contributed by atoms with Gasteiger partial charge in [-0.2, -0.15) is 5.10 Å². The van der Waals surface area contributed by atoms with Crippen LogP contribution >= 0.6 is 11.3 Å². The lowest BCUT2D eigenvalue weighted by Crippen LogP contribution is -2.29. The normalized spacial score (nSPS) is 12.1. The third-order valence-corrected chi connectivity index (χ3v) is 6.91. The van der Waals surface area contributed by atoms with Gasteiger partial charge in [-0.05, 0) is 50.6 Å². The van der Waals surface area contributed by atoms with E-state index in [1.165, 1.54) is 27.9 Å². The van der Waals surface area contributed by atoms with Crippen molar-refractivity contribution in [3.05, 3.63) is 105 Å². The minimum Gasteiger partial charge on any atom is -0.349 e. The zero-order valence-corrected chi connectivity index (χ0v) is 20.8. The number of thiazole rings is 1. The van der Waals surface area contributed by atoms with Gasteiger partial charge in [-0.3, -0.25) is 14.0 Å². The lowest BCUT2D eigenvalue weighted by atomic mass is 10.1. The van der Waals surface area contributed by atoms with Crippen molar-refractivity contribution in [2.45, 2.75) is 33.2 Å². The molecule has 5 aromatic rings. The maximum absolute atomic E-state index is 13.8. The lowest BCUT2D eigenvalue weighted by Gasteiger charge is -2.14. The maximum Gasteiger partial charge on any atom is 0.268 e. The minimum absolute atomic E-state index is 0.0397. The molecule has 0 aliphatic carbocycles. The van der Waals surface area contributed by atoms with Gasteiger partial charge in [0.05, 0.1) is 29.4 Å². The summed E-state index contributed by atoms with van der Waals surface area (Å²) in [6, 6.07) is 17.4. The van der Waals surface area contributed by atoms with Crippen LogP contribution < -0.4 is 10.9 Å². The van der Waals surface area contributed by atoms with Crippen LogP contribution in [0.5, 0.6) is 0 Å². The summed E-state index contributed by atoms with van der Waals surface area (Å²) in [6.45, 7) is 5.53. The van der Waals surface area contributed by atoms with E-state index < -0.39 is 0 Å². The number of nitrogens with one attached hydrogen (secondary N) is 1. The summed E-state index contributed by atoms with van der Waals surface area (Å²) in [5.41, 5.74) is 3.92. The summed E-state index contributed by atoms with van der Waals surface area (Å²) >= 11 is 1.31. The summed E-state index contributed by atoms with van der Waals surface area (Å²) in [5.74, 6) is -0.558. The molecule has 1 atom stereocenters. The molecule has 0 aliphatic heterocycles. The third-order valence-electron chi connectivity index (χ3n) is 6.04. The topological polar surface area (TPSA) is 81.3 Å². The number of rotatable bonds is 6. The number of benzene rings is 2. The molecule has 7 nitrogen and oxygen atoms in total. The standard InChI is InChI=1S/C27H24FN5O2S/c1-16-12-23(31-33(16)21-11-7-10-20(28)13-21)25-18(3)30-27-32(26(25)35)22(15-36-27)14-24(34)29-17(2)19-8-5-4-6-9-19/h4-13,15,17H,14H2,1-3H3,(H,29,34)/t17-/m0/s1. The Kier molecular flexibility index (Phi) is 6.24. The lowest BCUT2D eigenvalue weighted by molar-refractivity contribution is -0.121. The molecular weight excluding hydrogens is 477 g/mol. The van der Waals surface area contributed by atoms with Gasteiger partial charge in [0.15, 0.2) is 4.96 Å². The van der Waals surface area contributed by atoms with E-state index >= 15 is 0 Å². The van der Waals surface area contributed by atoms with Crippen LogP contribution in [-0.2, 0) is 11.2 Å². The van der Waals surface area contributed by atoms with E-state index in [-0.39, 0.29) is 29.7 Å². The predicted molar refractivity (Wildman–Crippen MR) is 138 cm³/mol. The molecule has 0 bridgehead atoms. The fraction of sp³-hybridized carbons (Fsp3) is 0.185. The van der Waals surface area contributed by atoms with Gasteiger partial charge >= 0.3 is 0 Å². The monoisotopic (exact) mass is 501 g/mol. The molecule has 5 rings (SSSR count). The predicted octanol–water partition coefficient (Wildman–Crippen LogP) is 4.78. The number of amides is 1. The van der Waals surface area contributed by atoms with Crippen molar-refractivity contribution in [3.8, 4) is 16.9 Å². The highest BCUT2D eigenvalue weighted by Gasteiger charge is 2.20. The molecule has 0 radical (unpaired) electrons. The molecule has 0 unspecified atom stereocenters. The molecule has 3 heterocycles. The Morgan fingerprint density at radius 3 is 2.64 bits per heavy atom. The van der Waals surface area contributed by atoms with Crippen molar-refractivity contribution in [2.24, 2.45) is 0 Å². The SMILES string of the molecule is Cc1nc2scc(CC(=O)N[C@@H](C)c3ccccc3)n2c(=O)c1-c1cc(C)n(-c2cccc(F)c2)n1. The van der Waals surface area contributed by atoms with E-state index in [9.17, 15) is 14.0 Å². The van der Waals surface area contributed by atoms with E-state index in [0.29, 0.717) is 33.3 Å². The first kappa shape index (κ1) is 23.6. The Bertz CT molecular complexity index is 1640. The number of fused-ring (bicyclic) bond motifs is 1. The van der Waals surface area contributed by atoms with Crippen LogP contribution in [0.3, 0.4) is 0 Å². The number of carbonyl (C=O) groups excluding carboxylic acids is 1. The zero-order chi connectivity index (χ0) is 25.4. The molecule has 182 valence electrons. The number of aryl methyl sites for hydroxylation is 2. The van der Waals surface area contributed by atoms with Crippen LogP contribution in [-0.4, -0.2) is 25.1 Å². The number of carbonyl (C=O) groups is 1. The molecule has 0 spiro atoms. The van der Waals surface area contributed by atoms with Gasteiger partial charge in [0, 0.05) is 16.8 Å². The van der Waals surface area contributed by atoms with Crippen molar-refractivity contribution in [3.63, 3.8) is 0 Å². The van der Waals surface area contributed by atoms with Crippen LogP contribution in [0.2, 0.25) is 0 Å². The van der Waals surface area contributed by atoms with Gasteiger partial charge in [-0.15, -0.1) is 11.3 Å². The van der Waals surface area contributed by atoms with Crippen LogP contribution in [0.1, 0.15) is 35.6 Å². The number of nitrogens with zero attached hydrogens (tertiary/aromatic N) is 4. The molecule has 0 fully saturated rings. The number of halogens is 1. The Balaban J connectivity index is 1.49. The first-order chi connectivity index (χ1) is 17.3. The largest absolute Gasteiger partial charge is 0.349 e. The Labute approximate surface area is 210 Å². The zero-order valence-electron chi connectivity index (χ0n) is 20.0. The van der Waals surface area contributed by atoms with Gasteiger partial charge in [0.1, 0.15) is 11.5 Å². The fourth-order valence-electron chi connectivity index (χ4n) is 4.27. The Hall–Kier alpha value is -4.11. The van der Waals surface area contributed by atoms with Gasteiger partial charge in [0.25, 0.3) is 5.56 Å². The maximum atomic E-state index is 13.8. The molecular formula is C27H24FN5O2S. The van der Waals surface area contributed by atoms with Gasteiger partial charge in [-0.1, -0.05) is 36.4 Å². The second-order valence-corrected chi connectivity index (χ2v) is 9.50. The Morgan fingerprint density at radius 1 is 1.11 bits per heavy atom. The van der Waals surface area contributed by atoms with Gasteiger partial charge < -0.3 is 5.32 Å². The van der Waals surface area contributed by atoms with Gasteiger partial charge in [-0.25, -0.2) is 14.1 Å². The average Bonchev–Trinajstić information content (AvgIpc) is 3.42. The van der Waals surface area contributed by atoms with Crippen LogP contribution in [0.4, 0.5) is 4.39 Å². The van der Waals surface area contributed by atoms with Crippen molar-refractivity contribution in [1.82, 2.24) is 24.5 Å². The summed E-state index contributed by atoms with van der Waals surface area (Å²) in [7, 11) is 0. The minimum atomic E-state index is -0.369. The molecule has 9 heteroatoms. The quantitative estimate of drug-likeness (QED) is 0.363. The summed E-state index contributed by atoms with van der Waals surface area (Å²) in [4.78, 5) is 31.6. The molecule has 1 N–H and O–H groups in total. The molecule has 3 aromatic heterocycles. The first-order valence-electron chi connectivity index (χ1n) is 11.5. The summed E-state index contributed by atoms with van der Waals surface area (Å²) in [5, 5.41) is 9.37. The second kappa shape index (κ2) is 9.50. The average molecular weight is 502 g/mol. The van der Waals surface area contributed by atoms with Crippen molar-refractivity contribution in [1.29, 1.82) is 0 Å². The van der Waals surface area contributed by atoms with Crippen molar-refractivity contribution < 1.29 is 9.18 Å². The van der Waals surface area contributed by atoms with Crippen LogP contribution in [0.25, 0.3) is 21.9 Å². The van der Waals surface area contributed by atoms with Gasteiger partial charge in [0.2, 0.25) is 5.91 Å². The first-order valence-corrected chi connectivity index (χ1v) is 12.4. The molecule has 2 aromatic carbocycles. The molecule has 1 amide bonds. The van der Waals surface area contributed by atoms with Crippen LogP contribution in [0, 0.1) is 19.7 Å².